The van der Waals surface area contributed by atoms with Crippen LogP contribution in [0.3, 0.4) is 0 Å². The van der Waals surface area contributed by atoms with Crippen LogP contribution in [0.25, 0.3) is 0 Å². The van der Waals surface area contributed by atoms with Crippen LogP contribution >= 0.6 is 11.8 Å². The maximum atomic E-state index is 12.8. The van der Waals surface area contributed by atoms with E-state index in [-0.39, 0.29) is 49.5 Å². The molecule has 1 aromatic rings. The zero-order valence-corrected chi connectivity index (χ0v) is 14.7. The fourth-order valence-corrected chi connectivity index (χ4v) is 3.18. The maximum absolute atomic E-state index is 12.8. The number of rotatable bonds is 6. The van der Waals surface area contributed by atoms with E-state index < -0.39 is 18.5 Å². The summed E-state index contributed by atoms with van der Waals surface area (Å²) in [7, 11) is 0. The second-order valence-electron chi connectivity index (χ2n) is 5.82. The number of nitrogens with zero attached hydrogens (tertiary/aromatic N) is 2. The van der Waals surface area contributed by atoms with E-state index in [4.69, 9.17) is 0 Å². The number of carbonyl (C=O) groups excluding carboxylic acids is 2. The molecule has 1 heterocycles. The average molecular weight is 393 g/mol. The van der Waals surface area contributed by atoms with E-state index in [2.05, 4.69) is 5.32 Å². The van der Waals surface area contributed by atoms with Gasteiger partial charge in [-0.25, -0.2) is 4.39 Å². The molecular weight excluding hydrogens is 374 g/mol. The van der Waals surface area contributed by atoms with Crippen molar-refractivity contribution in [1.82, 2.24) is 9.80 Å². The predicted molar refractivity (Wildman–Crippen MR) is 91.4 cm³/mol. The van der Waals surface area contributed by atoms with Crippen LogP contribution in [0.15, 0.2) is 24.3 Å². The molecule has 1 N–H and O–H groups in total. The molecule has 2 amide bonds. The molecule has 0 radical (unpaired) electrons. The number of hydrogen-bond acceptors (Lipinski definition) is 4. The first-order valence-electron chi connectivity index (χ1n) is 7.93. The smallest absolute Gasteiger partial charge is 0.339 e. The Kier molecular flexibility index (Phi) is 7.27. The lowest BCUT2D eigenvalue weighted by Crippen LogP contribution is -2.51. The number of carbonyl (C=O) groups is 2. The monoisotopic (exact) mass is 393 g/mol. The minimum Gasteiger partial charge on any atom is -0.339 e. The molecule has 0 spiro atoms. The van der Waals surface area contributed by atoms with Crippen molar-refractivity contribution in [3.05, 3.63) is 30.1 Å². The Morgan fingerprint density at radius 1 is 1.04 bits per heavy atom. The number of piperazine rings is 1. The van der Waals surface area contributed by atoms with Gasteiger partial charge in [0.25, 0.3) is 0 Å². The van der Waals surface area contributed by atoms with Crippen molar-refractivity contribution in [3.8, 4) is 0 Å². The summed E-state index contributed by atoms with van der Waals surface area (Å²) in [5, 5.41) is 2.59. The number of alkyl halides is 3. The molecule has 1 aromatic carbocycles. The molecule has 144 valence electrons. The van der Waals surface area contributed by atoms with Crippen LogP contribution in [-0.2, 0) is 9.59 Å². The van der Waals surface area contributed by atoms with E-state index in [1.165, 1.54) is 34.1 Å². The molecule has 1 saturated heterocycles. The Labute approximate surface area is 152 Å². The van der Waals surface area contributed by atoms with Crippen molar-refractivity contribution in [3.63, 3.8) is 0 Å². The van der Waals surface area contributed by atoms with Crippen molar-refractivity contribution in [2.75, 3.05) is 49.5 Å². The summed E-state index contributed by atoms with van der Waals surface area (Å²) in [5.74, 6) is -0.785. The summed E-state index contributed by atoms with van der Waals surface area (Å²) in [6.45, 7) is -0.107. The molecule has 26 heavy (non-hydrogen) atoms. The number of thioether (sulfide) groups is 1. The van der Waals surface area contributed by atoms with E-state index in [0.717, 1.165) is 11.8 Å². The van der Waals surface area contributed by atoms with Crippen LogP contribution in [0, 0.1) is 5.82 Å². The van der Waals surface area contributed by atoms with Gasteiger partial charge < -0.3 is 10.2 Å². The fraction of sp³-hybridized carbons (Fsp3) is 0.500. The second kappa shape index (κ2) is 9.22. The van der Waals surface area contributed by atoms with E-state index in [9.17, 15) is 27.2 Å². The quantitative estimate of drug-likeness (QED) is 0.753. The van der Waals surface area contributed by atoms with Crippen LogP contribution in [0.2, 0.25) is 0 Å². The first kappa shape index (κ1) is 20.5. The number of amides is 2. The highest BCUT2D eigenvalue weighted by Gasteiger charge is 2.32. The molecule has 1 fully saturated rings. The third-order valence-corrected chi connectivity index (χ3v) is 4.63. The summed E-state index contributed by atoms with van der Waals surface area (Å²) < 4.78 is 49.8. The lowest BCUT2D eigenvalue weighted by Gasteiger charge is -2.35. The molecule has 0 unspecified atom stereocenters. The molecule has 2 rings (SSSR count). The second-order valence-corrected chi connectivity index (χ2v) is 6.81. The van der Waals surface area contributed by atoms with Crippen LogP contribution < -0.4 is 5.32 Å². The van der Waals surface area contributed by atoms with Crippen molar-refractivity contribution in [1.29, 1.82) is 0 Å². The van der Waals surface area contributed by atoms with Crippen molar-refractivity contribution < 1.29 is 27.2 Å². The Bertz CT molecular complexity index is 617. The van der Waals surface area contributed by atoms with Gasteiger partial charge in [-0.05, 0) is 24.3 Å². The number of nitrogens with one attached hydrogen (secondary N) is 1. The molecule has 0 bridgehead atoms. The SMILES string of the molecule is O=C(CSCC(=O)N1CCN(CC(F)(F)F)CC1)Nc1ccc(F)cc1. The van der Waals surface area contributed by atoms with Gasteiger partial charge in [0.05, 0.1) is 18.1 Å². The minimum absolute atomic E-state index is 0.0527. The summed E-state index contributed by atoms with van der Waals surface area (Å²) in [6.07, 6.45) is -4.24. The molecule has 5 nitrogen and oxygen atoms in total. The Hall–Kier alpha value is -1.81. The lowest BCUT2D eigenvalue weighted by atomic mass is 10.3. The van der Waals surface area contributed by atoms with Gasteiger partial charge in [0.1, 0.15) is 5.82 Å². The van der Waals surface area contributed by atoms with Crippen LogP contribution in [0.5, 0.6) is 0 Å². The number of hydrogen-bond donors (Lipinski definition) is 1. The number of anilines is 1. The van der Waals surface area contributed by atoms with Gasteiger partial charge in [0.15, 0.2) is 0 Å². The van der Waals surface area contributed by atoms with Gasteiger partial charge in [0.2, 0.25) is 11.8 Å². The Morgan fingerprint density at radius 3 is 2.23 bits per heavy atom. The Balaban J connectivity index is 1.64. The Morgan fingerprint density at radius 2 is 1.65 bits per heavy atom. The standard InChI is InChI=1S/C16H19F4N3O2S/c17-12-1-3-13(4-2-12)21-14(24)9-26-10-15(25)23-7-5-22(6-8-23)11-16(18,19)20/h1-4H,5-11H2,(H,21,24). The summed E-state index contributed by atoms with van der Waals surface area (Å²) >= 11 is 1.13. The molecule has 0 aliphatic carbocycles. The first-order valence-corrected chi connectivity index (χ1v) is 9.08. The zero-order chi connectivity index (χ0) is 19.2. The summed E-state index contributed by atoms with van der Waals surface area (Å²) in [5.41, 5.74) is 0.462. The average Bonchev–Trinajstić information content (AvgIpc) is 2.56. The normalized spacial score (nSPS) is 15.8. The van der Waals surface area contributed by atoms with Crippen LogP contribution in [0.1, 0.15) is 0 Å². The molecule has 10 heteroatoms. The molecule has 1 aliphatic rings. The third-order valence-electron chi connectivity index (χ3n) is 3.71. The van der Waals surface area contributed by atoms with E-state index >= 15 is 0 Å². The van der Waals surface area contributed by atoms with Gasteiger partial charge in [-0.15, -0.1) is 11.8 Å². The van der Waals surface area contributed by atoms with Crippen molar-refractivity contribution in [2.45, 2.75) is 6.18 Å². The highest BCUT2D eigenvalue weighted by atomic mass is 32.2. The van der Waals surface area contributed by atoms with E-state index in [1.54, 1.807) is 0 Å². The van der Waals surface area contributed by atoms with Crippen molar-refractivity contribution >= 4 is 29.3 Å². The summed E-state index contributed by atoms with van der Waals surface area (Å²) in [6, 6.07) is 5.32. The number of benzene rings is 1. The largest absolute Gasteiger partial charge is 0.401 e. The van der Waals surface area contributed by atoms with E-state index in [1.807, 2.05) is 0 Å². The first-order chi connectivity index (χ1) is 12.2. The topological polar surface area (TPSA) is 52.7 Å². The molecule has 1 aliphatic heterocycles. The van der Waals surface area contributed by atoms with Gasteiger partial charge in [-0.3, -0.25) is 14.5 Å². The molecule has 0 atom stereocenters. The lowest BCUT2D eigenvalue weighted by molar-refractivity contribution is -0.151. The number of halogens is 4. The highest BCUT2D eigenvalue weighted by molar-refractivity contribution is 8.00. The van der Waals surface area contributed by atoms with Gasteiger partial charge in [0, 0.05) is 31.9 Å². The summed E-state index contributed by atoms with van der Waals surface area (Å²) in [4.78, 5) is 26.6. The maximum Gasteiger partial charge on any atom is 0.401 e. The van der Waals surface area contributed by atoms with Crippen LogP contribution in [0.4, 0.5) is 23.2 Å². The van der Waals surface area contributed by atoms with Crippen LogP contribution in [-0.4, -0.2) is 72.0 Å². The van der Waals surface area contributed by atoms with Gasteiger partial charge in [-0.1, -0.05) is 0 Å². The molecule has 0 aromatic heterocycles. The third kappa shape index (κ3) is 7.20. The highest BCUT2D eigenvalue weighted by Crippen LogP contribution is 2.18. The van der Waals surface area contributed by atoms with Gasteiger partial charge >= 0.3 is 6.18 Å². The molecule has 0 saturated carbocycles. The van der Waals surface area contributed by atoms with Gasteiger partial charge in [-0.2, -0.15) is 13.2 Å². The van der Waals surface area contributed by atoms with Crippen molar-refractivity contribution in [2.24, 2.45) is 0 Å². The van der Waals surface area contributed by atoms with E-state index in [0.29, 0.717) is 5.69 Å². The zero-order valence-electron chi connectivity index (χ0n) is 13.9. The predicted octanol–water partition coefficient (Wildman–Crippen LogP) is 2.20. The molecular formula is C16H19F4N3O2S. The fourth-order valence-electron chi connectivity index (χ4n) is 2.46. The minimum atomic E-state index is -4.24.